The van der Waals surface area contributed by atoms with Crippen molar-refractivity contribution in [2.24, 2.45) is 0 Å². The number of morpholine rings is 1. The summed E-state index contributed by atoms with van der Waals surface area (Å²) in [6.07, 6.45) is 0. The summed E-state index contributed by atoms with van der Waals surface area (Å²) in [6, 6.07) is 7.79. The van der Waals surface area contributed by atoms with E-state index in [9.17, 15) is 4.79 Å². The van der Waals surface area contributed by atoms with E-state index in [2.05, 4.69) is 10.6 Å². The molecule has 1 unspecified atom stereocenters. The monoisotopic (exact) mass is 234 g/mol. The first-order chi connectivity index (χ1) is 8.25. The molecule has 92 valence electrons. The summed E-state index contributed by atoms with van der Waals surface area (Å²) in [5.41, 5.74) is 1.86. The molecule has 0 radical (unpaired) electrons. The summed E-state index contributed by atoms with van der Waals surface area (Å²) < 4.78 is 5.32. The Morgan fingerprint density at radius 2 is 2.24 bits per heavy atom. The minimum Gasteiger partial charge on any atom is -0.378 e. The highest BCUT2D eigenvalue weighted by molar-refractivity contribution is 5.94. The van der Waals surface area contributed by atoms with E-state index >= 15 is 0 Å². The second-order valence-electron chi connectivity index (χ2n) is 4.30. The van der Waals surface area contributed by atoms with Gasteiger partial charge in [0.25, 0.3) is 5.91 Å². The third kappa shape index (κ3) is 3.54. The molecule has 1 aliphatic heterocycles. The maximum atomic E-state index is 11.8. The van der Waals surface area contributed by atoms with Gasteiger partial charge in [-0.15, -0.1) is 0 Å². The molecule has 1 fully saturated rings. The second-order valence-corrected chi connectivity index (χ2v) is 4.30. The first kappa shape index (κ1) is 12.1. The summed E-state index contributed by atoms with van der Waals surface area (Å²) in [7, 11) is 0. The van der Waals surface area contributed by atoms with Gasteiger partial charge >= 0.3 is 0 Å². The number of nitrogens with one attached hydrogen (secondary N) is 2. The number of rotatable bonds is 3. The number of amides is 1. The molecule has 0 bridgehead atoms. The van der Waals surface area contributed by atoms with Crippen LogP contribution in [0.4, 0.5) is 0 Å². The minimum atomic E-state index is -0.0302. The van der Waals surface area contributed by atoms with Gasteiger partial charge in [-0.05, 0) is 19.1 Å². The molecule has 2 rings (SSSR count). The smallest absolute Gasteiger partial charge is 0.251 e. The van der Waals surface area contributed by atoms with Crippen LogP contribution in [0.2, 0.25) is 0 Å². The molecule has 2 N–H and O–H groups in total. The highest BCUT2D eigenvalue weighted by Crippen LogP contribution is 2.02. The van der Waals surface area contributed by atoms with Crippen LogP contribution in [-0.2, 0) is 4.74 Å². The summed E-state index contributed by atoms with van der Waals surface area (Å²) in [5.74, 6) is -0.0302. The highest BCUT2D eigenvalue weighted by atomic mass is 16.5. The lowest BCUT2D eigenvalue weighted by molar-refractivity contribution is 0.0734. The zero-order valence-corrected chi connectivity index (χ0v) is 10.0. The van der Waals surface area contributed by atoms with Crippen LogP contribution in [0.3, 0.4) is 0 Å². The van der Waals surface area contributed by atoms with Gasteiger partial charge in [0.1, 0.15) is 0 Å². The molecule has 1 amide bonds. The van der Waals surface area contributed by atoms with Gasteiger partial charge in [-0.2, -0.15) is 0 Å². The van der Waals surface area contributed by atoms with Gasteiger partial charge in [0.05, 0.1) is 13.2 Å². The maximum absolute atomic E-state index is 11.8. The lowest BCUT2D eigenvalue weighted by atomic mass is 10.1. The van der Waals surface area contributed by atoms with Crippen LogP contribution < -0.4 is 10.6 Å². The fourth-order valence-corrected chi connectivity index (χ4v) is 1.77. The predicted molar refractivity (Wildman–Crippen MR) is 66.1 cm³/mol. The molecule has 17 heavy (non-hydrogen) atoms. The van der Waals surface area contributed by atoms with Crippen LogP contribution in [0.5, 0.6) is 0 Å². The number of carbonyl (C=O) groups is 1. The zero-order chi connectivity index (χ0) is 12.1. The molecular weight excluding hydrogens is 216 g/mol. The normalized spacial score (nSPS) is 19.9. The van der Waals surface area contributed by atoms with E-state index in [1.54, 1.807) is 0 Å². The van der Waals surface area contributed by atoms with Crippen molar-refractivity contribution < 1.29 is 9.53 Å². The lowest BCUT2D eigenvalue weighted by Gasteiger charge is -2.23. The van der Waals surface area contributed by atoms with Gasteiger partial charge in [0.2, 0.25) is 0 Å². The van der Waals surface area contributed by atoms with Crippen molar-refractivity contribution in [2.75, 3.05) is 26.3 Å². The van der Waals surface area contributed by atoms with E-state index in [0.29, 0.717) is 18.7 Å². The van der Waals surface area contributed by atoms with Gasteiger partial charge in [-0.1, -0.05) is 17.7 Å². The molecule has 0 aliphatic carbocycles. The standard InChI is InChI=1S/C13H18N2O2/c1-10-2-4-11(5-3-10)13(16)15-8-12-9-17-7-6-14-12/h2-5,12,14H,6-9H2,1H3,(H,15,16). The van der Waals surface area contributed by atoms with Crippen LogP contribution >= 0.6 is 0 Å². The van der Waals surface area contributed by atoms with Crippen LogP contribution in [0.1, 0.15) is 15.9 Å². The molecule has 4 nitrogen and oxygen atoms in total. The first-order valence-electron chi connectivity index (χ1n) is 5.92. The summed E-state index contributed by atoms with van der Waals surface area (Å²) >= 11 is 0. The Morgan fingerprint density at radius 1 is 1.47 bits per heavy atom. The molecular formula is C13H18N2O2. The molecule has 1 aliphatic rings. The SMILES string of the molecule is Cc1ccc(C(=O)NCC2COCCN2)cc1. The van der Waals surface area contributed by atoms with Crippen molar-refractivity contribution in [3.8, 4) is 0 Å². The van der Waals surface area contributed by atoms with Crippen molar-refractivity contribution in [3.63, 3.8) is 0 Å². The molecule has 4 heteroatoms. The number of carbonyl (C=O) groups excluding carboxylic acids is 1. The molecule has 1 aromatic carbocycles. The van der Waals surface area contributed by atoms with E-state index in [1.807, 2.05) is 31.2 Å². The average molecular weight is 234 g/mol. The van der Waals surface area contributed by atoms with E-state index < -0.39 is 0 Å². The van der Waals surface area contributed by atoms with Crippen molar-refractivity contribution in [1.82, 2.24) is 10.6 Å². The second kappa shape index (κ2) is 5.80. The maximum Gasteiger partial charge on any atom is 0.251 e. The average Bonchev–Trinajstić information content (AvgIpc) is 2.38. The van der Waals surface area contributed by atoms with Crippen molar-refractivity contribution in [3.05, 3.63) is 35.4 Å². The van der Waals surface area contributed by atoms with E-state index in [-0.39, 0.29) is 11.9 Å². The quantitative estimate of drug-likeness (QED) is 0.810. The van der Waals surface area contributed by atoms with E-state index in [4.69, 9.17) is 4.74 Å². The van der Waals surface area contributed by atoms with Gasteiger partial charge in [0, 0.05) is 24.7 Å². The van der Waals surface area contributed by atoms with Gasteiger partial charge in [-0.3, -0.25) is 4.79 Å². The highest BCUT2D eigenvalue weighted by Gasteiger charge is 2.14. The Labute approximate surface area is 101 Å². The first-order valence-corrected chi connectivity index (χ1v) is 5.92. The Hall–Kier alpha value is -1.39. The fourth-order valence-electron chi connectivity index (χ4n) is 1.77. The van der Waals surface area contributed by atoms with Crippen LogP contribution in [-0.4, -0.2) is 38.3 Å². The Kier molecular flexibility index (Phi) is 4.12. The summed E-state index contributed by atoms with van der Waals surface area (Å²) in [4.78, 5) is 11.8. The molecule has 1 aromatic rings. The third-order valence-electron chi connectivity index (χ3n) is 2.82. The number of ether oxygens (including phenoxy) is 1. The van der Waals surface area contributed by atoms with Crippen LogP contribution in [0.15, 0.2) is 24.3 Å². The van der Waals surface area contributed by atoms with Gasteiger partial charge < -0.3 is 15.4 Å². The number of benzene rings is 1. The van der Waals surface area contributed by atoms with Crippen molar-refractivity contribution in [1.29, 1.82) is 0 Å². The van der Waals surface area contributed by atoms with Crippen molar-refractivity contribution >= 4 is 5.91 Å². The Morgan fingerprint density at radius 3 is 2.88 bits per heavy atom. The largest absolute Gasteiger partial charge is 0.378 e. The molecule has 0 spiro atoms. The predicted octanol–water partition coefficient (Wildman–Crippen LogP) is 0.713. The van der Waals surface area contributed by atoms with E-state index in [0.717, 1.165) is 18.7 Å². The summed E-state index contributed by atoms with van der Waals surface area (Å²) in [5, 5.41) is 6.20. The van der Waals surface area contributed by atoms with Crippen molar-refractivity contribution in [2.45, 2.75) is 13.0 Å². The lowest BCUT2D eigenvalue weighted by Crippen LogP contribution is -2.48. The van der Waals surface area contributed by atoms with Crippen LogP contribution in [0, 0.1) is 6.92 Å². The zero-order valence-electron chi connectivity index (χ0n) is 10.0. The number of aryl methyl sites for hydroxylation is 1. The minimum absolute atomic E-state index is 0.0302. The molecule has 1 heterocycles. The number of hydrogen-bond acceptors (Lipinski definition) is 3. The number of hydrogen-bond donors (Lipinski definition) is 2. The van der Waals surface area contributed by atoms with Crippen LogP contribution in [0.25, 0.3) is 0 Å². The topological polar surface area (TPSA) is 50.4 Å². The Balaban J connectivity index is 1.82. The molecule has 0 saturated carbocycles. The Bertz CT molecular complexity index is 370. The third-order valence-corrected chi connectivity index (χ3v) is 2.82. The molecule has 0 aromatic heterocycles. The fraction of sp³-hybridized carbons (Fsp3) is 0.462. The van der Waals surface area contributed by atoms with Gasteiger partial charge in [-0.25, -0.2) is 0 Å². The van der Waals surface area contributed by atoms with Gasteiger partial charge in [0.15, 0.2) is 0 Å². The molecule has 1 atom stereocenters. The molecule has 1 saturated heterocycles. The summed E-state index contributed by atoms with van der Waals surface area (Å²) in [6.45, 7) is 4.87. The van der Waals surface area contributed by atoms with E-state index in [1.165, 1.54) is 0 Å².